The summed E-state index contributed by atoms with van der Waals surface area (Å²) in [6.07, 6.45) is -0.156. The smallest absolute Gasteiger partial charge is 0.197 e. The van der Waals surface area contributed by atoms with E-state index >= 15 is 0 Å². The number of halogens is 1. The lowest BCUT2D eigenvalue weighted by Crippen LogP contribution is -2.13. The largest absolute Gasteiger partial charge is 0.465 e. The molecule has 72 valence electrons. The Balaban J connectivity index is 2.66. The van der Waals surface area contributed by atoms with E-state index in [1.165, 1.54) is 0 Å². The number of benzene rings is 1. The monoisotopic (exact) mass is 200 g/mol. The number of rotatable bonds is 4. The third-order valence-corrected chi connectivity index (χ3v) is 1.98. The highest BCUT2D eigenvalue weighted by molar-refractivity contribution is 6.17. The van der Waals surface area contributed by atoms with Gasteiger partial charge in [0.2, 0.25) is 0 Å². The summed E-state index contributed by atoms with van der Waals surface area (Å²) >= 11 is 5.65. The fourth-order valence-corrected chi connectivity index (χ4v) is 1.11. The molecule has 13 heavy (non-hydrogen) atoms. The van der Waals surface area contributed by atoms with Crippen LogP contribution in [-0.4, -0.2) is 11.4 Å². The first-order valence-electron chi connectivity index (χ1n) is 4.26. The molecule has 0 fully saturated rings. The van der Waals surface area contributed by atoms with Crippen molar-refractivity contribution in [1.29, 1.82) is 0 Å². The second kappa shape index (κ2) is 5.10. The van der Waals surface area contributed by atoms with Gasteiger partial charge in [-0.15, -0.1) is 11.6 Å². The van der Waals surface area contributed by atoms with Crippen molar-refractivity contribution < 1.29 is 9.84 Å². The highest BCUT2D eigenvalue weighted by Crippen LogP contribution is 2.16. The van der Waals surface area contributed by atoms with Crippen LogP contribution in [0.2, 0.25) is 0 Å². The second-order valence-corrected chi connectivity index (χ2v) is 3.03. The molecule has 0 saturated heterocycles. The lowest BCUT2D eigenvalue weighted by molar-refractivity contribution is -0.0191. The van der Waals surface area contributed by atoms with Gasteiger partial charge in [0.25, 0.3) is 0 Å². The molecule has 1 N–H and O–H groups in total. The van der Waals surface area contributed by atoms with Crippen LogP contribution in [0.4, 0.5) is 0 Å². The Morgan fingerprint density at radius 2 is 2.31 bits per heavy atom. The van der Waals surface area contributed by atoms with Crippen LogP contribution in [0.1, 0.15) is 18.9 Å². The first-order valence-corrected chi connectivity index (χ1v) is 4.79. The maximum Gasteiger partial charge on any atom is 0.197 e. The van der Waals surface area contributed by atoms with E-state index in [-0.39, 0.29) is 0 Å². The number of hydrogen-bond donors (Lipinski definition) is 1. The van der Waals surface area contributed by atoms with Crippen LogP contribution < -0.4 is 4.74 Å². The van der Waals surface area contributed by atoms with Crippen molar-refractivity contribution in [1.82, 2.24) is 0 Å². The summed E-state index contributed by atoms with van der Waals surface area (Å²) in [5, 5.41) is 9.22. The third kappa shape index (κ3) is 3.25. The molecule has 1 atom stereocenters. The molecule has 1 aromatic carbocycles. The molecular weight excluding hydrogens is 188 g/mol. The molecule has 1 unspecified atom stereocenters. The van der Waals surface area contributed by atoms with Crippen LogP contribution >= 0.6 is 11.6 Å². The third-order valence-electron chi connectivity index (χ3n) is 1.67. The highest BCUT2D eigenvalue weighted by Gasteiger charge is 2.02. The summed E-state index contributed by atoms with van der Waals surface area (Å²) in [4.78, 5) is 0. The molecule has 0 saturated carbocycles. The topological polar surface area (TPSA) is 29.5 Å². The molecular formula is C10H13ClO2. The zero-order chi connectivity index (χ0) is 9.68. The van der Waals surface area contributed by atoms with Crippen molar-refractivity contribution in [2.24, 2.45) is 0 Å². The van der Waals surface area contributed by atoms with Crippen LogP contribution in [0.3, 0.4) is 0 Å². The van der Waals surface area contributed by atoms with Crippen LogP contribution in [0.15, 0.2) is 24.3 Å². The van der Waals surface area contributed by atoms with Crippen LogP contribution in [0.25, 0.3) is 0 Å². The fourth-order valence-electron chi connectivity index (χ4n) is 0.942. The fraction of sp³-hybridized carbons (Fsp3) is 0.400. The Morgan fingerprint density at radius 3 is 2.92 bits per heavy atom. The maximum atomic E-state index is 9.22. The van der Waals surface area contributed by atoms with Gasteiger partial charge < -0.3 is 9.84 Å². The Morgan fingerprint density at radius 1 is 1.54 bits per heavy atom. The lowest BCUT2D eigenvalue weighted by Gasteiger charge is -2.11. The van der Waals surface area contributed by atoms with E-state index in [1.807, 2.05) is 25.1 Å². The molecule has 1 rings (SSSR count). The average Bonchev–Trinajstić information content (AvgIpc) is 2.18. The molecule has 1 aromatic rings. The average molecular weight is 201 g/mol. The first-order chi connectivity index (χ1) is 6.26. The molecule has 0 bridgehead atoms. The molecule has 3 heteroatoms. The van der Waals surface area contributed by atoms with Gasteiger partial charge in [-0.2, -0.15) is 0 Å². The van der Waals surface area contributed by atoms with E-state index in [0.29, 0.717) is 18.1 Å². The molecule has 0 radical (unpaired) electrons. The van der Waals surface area contributed by atoms with Gasteiger partial charge in [-0.1, -0.05) is 19.1 Å². The molecule has 2 nitrogen and oxygen atoms in total. The predicted molar refractivity (Wildman–Crippen MR) is 52.9 cm³/mol. The molecule has 0 aliphatic heterocycles. The minimum absolute atomic E-state index is 0.458. The zero-order valence-electron chi connectivity index (χ0n) is 7.53. The Kier molecular flexibility index (Phi) is 4.06. The van der Waals surface area contributed by atoms with Crippen LogP contribution in [0, 0.1) is 0 Å². The molecule has 0 aromatic heterocycles. The first kappa shape index (κ1) is 10.4. The summed E-state index contributed by atoms with van der Waals surface area (Å²) in [6.45, 7) is 1.86. The number of hydrogen-bond acceptors (Lipinski definition) is 2. The number of aliphatic hydroxyl groups excluding tert-OH is 1. The van der Waals surface area contributed by atoms with Crippen molar-refractivity contribution in [2.45, 2.75) is 25.5 Å². The van der Waals surface area contributed by atoms with Gasteiger partial charge in [0.1, 0.15) is 5.75 Å². The number of alkyl halides is 1. The highest BCUT2D eigenvalue weighted by atomic mass is 35.5. The van der Waals surface area contributed by atoms with Crippen molar-refractivity contribution >= 4 is 11.6 Å². The maximum absolute atomic E-state index is 9.22. The Hall–Kier alpha value is -0.730. The number of aliphatic hydroxyl groups is 1. The quantitative estimate of drug-likeness (QED) is 0.598. The van der Waals surface area contributed by atoms with E-state index < -0.39 is 6.29 Å². The van der Waals surface area contributed by atoms with E-state index in [9.17, 15) is 5.11 Å². The molecule has 0 heterocycles. The van der Waals surface area contributed by atoms with Gasteiger partial charge >= 0.3 is 0 Å². The molecule has 0 spiro atoms. The lowest BCUT2D eigenvalue weighted by atomic mass is 10.2. The van der Waals surface area contributed by atoms with Gasteiger partial charge in [-0.25, -0.2) is 0 Å². The summed E-state index contributed by atoms with van der Waals surface area (Å²) in [7, 11) is 0. The summed E-state index contributed by atoms with van der Waals surface area (Å²) < 4.78 is 5.20. The normalized spacial score (nSPS) is 12.5. The second-order valence-electron chi connectivity index (χ2n) is 2.76. The molecule has 0 aliphatic carbocycles. The van der Waals surface area contributed by atoms with Gasteiger partial charge in [0.05, 0.1) is 0 Å². The van der Waals surface area contributed by atoms with Gasteiger partial charge in [0, 0.05) is 12.3 Å². The van der Waals surface area contributed by atoms with Gasteiger partial charge in [0.15, 0.2) is 6.29 Å². The van der Waals surface area contributed by atoms with Gasteiger partial charge in [-0.05, 0) is 17.7 Å². The minimum atomic E-state index is -0.731. The zero-order valence-corrected chi connectivity index (χ0v) is 8.29. The standard InChI is InChI=1S/C10H13ClO2/c1-2-10(12)13-9-5-3-4-8(6-9)7-11/h3-6,10,12H,2,7H2,1H3. The van der Waals surface area contributed by atoms with Crippen LogP contribution in [0.5, 0.6) is 5.75 Å². The van der Waals surface area contributed by atoms with Crippen molar-refractivity contribution in [3.63, 3.8) is 0 Å². The van der Waals surface area contributed by atoms with E-state index in [2.05, 4.69) is 0 Å². The Bertz CT molecular complexity index is 263. The van der Waals surface area contributed by atoms with Crippen molar-refractivity contribution in [3.8, 4) is 5.75 Å². The summed E-state index contributed by atoms with van der Waals surface area (Å²) in [5.41, 5.74) is 0.988. The predicted octanol–water partition coefficient (Wildman–Crippen LogP) is 2.53. The van der Waals surface area contributed by atoms with E-state index in [1.54, 1.807) is 6.07 Å². The summed E-state index contributed by atoms with van der Waals surface area (Å²) in [5.74, 6) is 1.12. The van der Waals surface area contributed by atoms with Crippen LogP contribution in [-0.2, 0) is 5.88 Å². The van der Waals surface area contributed by atoms with Gasteiger partial charge in [-0.3, -0.25) is 0 Å². The Labute approximate surface area is 83.1 Å². The molecule has 0 aliphatic rings. The minimum Gasteiger partial charge on any atom is -0.465 e. The number of ether oxygens (including phenoxy) is 1. The van der Waals surface area contributed by atoms with Crippen molar-refractivity contribution in [3.05, 3.63) is 29.8 Å². The van der Waals surface area contributed by atoms with E-state index in [4.69, 9.17) is 16.3 Å². The SMILES string of the molecule is CCC(O)Oc1cccc(CCl)c1. The molecule has 0 amide bonds. The van der Waals surface area contributed by atoms with E-state index in [0.717, 1.165) is 5.56 Å². The summed E-state index contributed by atoms with van der Waals surface area (Å²) in [6, 6.07) is 7.40. The van der Waals surface area contributed by atoms with Crippen molar-refractivity contribution in [2.75, 3.05) is 0 Å².